The molecule has 0 radical (unpaired) electrons. The highest BCUT2D eigenvalue weighted by atomic mass is 14.7. The minimum absolute atomic E-state index is 0.106. The molecule has 2 nitrogen and oxygen atoms in total. The highest BCUT2D eigenvalue weighted by Gasteiger charge is 2.13. The zero-order chi connectivity index (χ0) is 6.85. The third kappa shape index (κ3) is 1.13. The lowest BCUT2D eigenvalue weighted by atomic mass is 9.95. The standard InChI is InChI=1S/C7H12N2/c1-5-6(8)3-2-4-7(5)9/h2-6H,8-9H2,1H3. The predicted octanol–water partition coefficient (Wildman–Crippen LogP) is 0.362. The molecule has 0 heterocycles. The maximum Gasteiger partial charge on any atom is 0.0308 e. The Hall–Kier alpha value is -0.760. The fourth-order valence-corrected chi connectivity index (χ4v) is 0.836. The lowest BCUT2D eigenvalue weighted by Crippen LogP contribution is -2.31. The van der Waals surface area contributed by atoms with Crippen LogP contribution in [0.2, 0.25) is 0 Å². The van der Waals surface area contributed by atoms with Crippen molar-refractivity contribution in [1.82, 2.24) is 0 Å². The molecule has 0 amide bonds. The molecule has 0 aromatic carbocycles. The molecule has 0 aromatic heterocycles. The molecule has 9 heavy (non-hydrogen) atoms. The van der Waals surface area contributed by atoms with Gasteiger partial charge in [0.2, 0.25) is 0 Å². The minimum Gasteiger partial charge on any atom is -0.402 e. The van der Waals surface area contributed by atoms with Crippen LogP contribution in [-0.4, -0.2) is 6.04 Å². The number of hydrogen-bond acceptors (Lipinski definition) is 2. The van der Waals surface area contributed by atoms with Crippen LogP contribution in [0.25, 0.3) is 0 Å². The predicted molar refractivity (Wildman–Crippen MR) is 38.5 cm³/mol. The van der Waals surface area contributed by atoms with Gasteiger partial charge in [-0.2, -0.15) is 0 Å². The first-order valence-electron chi connectivity index (χ1n) is 3.11. The van der Waals surface area contributed by atoms with E-state index >= 15 is 0 Å². The van der Waals surface area contributed by atoms with Crippen LogP contribution >= 0.6 is 0 Å². The van der Waals surface area contributed by atoms with Crippen molar-refractivity contribution in [2.75, 3.05) is 0 Å². The van der Waals surface area contributed by atoms with Crippen molar-refractivity contribution in [3.8, 4) is 0 Å². The van der Waals surface area contributed by atoms with E-state index in [0.717, 1.165) is 5.70 Å². The first-order chi connectivity index (χ1) is 4.22. The summed E-state index contributed by atoms with van der Waals surface area (Å²) >= 11 is 0. The zero-order valence-corrected chi connectivity index (χ0v) is 5.54. The molecule has 0 spiro atoms. The summed E-state index contributed by atoms with van der Waals surface area (Å²) in [5, 5.41) is 0. The molecule has 1 aliphatic rings. The smallest absolute Gasteiger partial charge is 0.0308 e. The van der Waals surface area contributed by atoms with Crippen molar-refractivity contribution in [3.63, 3.8) is 0 Å². The summed E-state index contributed by atoms with van der Waals surface area (Å²) in [7, 11) is 0. The highest BCUT2D eigenvalue weighted by Crippen LogP contribution is 2.13. The Kier molecular flexibility index (Phi) is 1.58. The molecular formula is C7H12N2. The first-order valence-corrected chi connectivity index (χ1v) is 3.11. The minimum atomic E-state index is 0.106. The third-order valence-corrected chi connectivity index (χ3v) is 1.73. The Balaban J connectivity index is 2.73. The topological polar surface area (TPSA) is 52.0 Å². The average Bonchev–Trinajstić information content (AvgIpc) is 1.83. The van der Waals surface area contributed by atoms with E-state index in [4.69, 9.17) is 11.5 Å². The number of allylic oxidation sites excluding steroid dienone is 2. The fraction of sp³-hybridized carbons (Fsp3) is 0.429. The second-order valence-corrected chi connectivity index (χ2v) is 2.42. The summed E-state index contributed by atoms with van der Waals surface area (Å²) in [5.74, 6) is 0.301. The van der Waals surface area contributed by atoms with Gasteiger partial charge >= 0.3 is 0 Å². The zero-order valence-electron chi connectivity index (χ0n) is 5.54. The average molecular weight is 124 g/mol. The molecule has 2 atom stereocenters. The van der Waals surface area contributed by atoms with Gasteiger partial charge < -0.3 is 11.5 Å². The fourth-order valence-electron chi connectivity index (χ4n) is 0.836. The van der Waals surface area contributed by atoms with Crippen LogP contribution in [-0.2, 0) is 0 Å². The van der Waals surface area contributed by atoms with E-state index in [1.165, 1.54) is 0 Å². The summed E-state index contributed by atoms with van der Waals surface area (Å²) in [5.41, 5.74) is 12.1. The molecular weight excluding hydrogens is 112 g/mol. The molecule has 1 aliphatic carbocycles. The van der Waals surface area contributed by atoms with Gasteiger partial charge in [0, 0.05) is 17.7 Å². The lowest BCUT2D eigenvalue weighted by Gasteiger charge is -2.19. The lowest BCUT2D eigenvalue weighted by molar-refractivity contribution is 0.584. The van der Waals surface area contributed by atoms with Gasteiger partial charge in [-0.3, -0.25) is 0 Å². The molecule has 0 saturated heterocycles. The Labute approximate surface area is 55.2 Å². The molecule has 50 valence electrons. The van der Waals surface area contributed by atoms with E-state index < -0.39 is 0 Å². The maximum absolute atomic E-state index is 5.66. The molecule has 0 aliphatic heterocycles. The Morgan fingerprint density at radius 1 is 1.56 bits per heavy atom. The quantitative estimate of drug-likeness (QED) is 0.490. The van der Waals surface area contributed by atoms with E-state index in [0.29, 0.717) is 5.92 Å². The molecule has 0 saturated carbocycles. The molecule has 0 aromatic rings. The van der Waals surface area contributed by atoms with Crippen LogP contribution < -0.4 is 11.5 Å². The van der Waals surface area contributed by atoms with Crippen molar-refractivity contribution in [1.29, 1.82) is 0 Å². The van der Waals surface area contributed by atoms with Crippen LogP contribution in [0.4, 0.5) is 0 Å². The number of hydrogen-bond donors (Lipinski definition) is 2. The molecule has 0 bridgehead atoms. The van der Waals surface area contributed by atoms with Crippen LogP contribution in [0.1, 0.15) is 6.92 Å². The van der Waals surface area contributed by atoms with Gasteiger partial charge in [0.25, 0.3) is 0 Å². The van der Waals surface area contributed by atoms with Gasteiger partial charge in [0.1, 0.15) is 0 Å². The van der Waals surface area contributed by atoms with Gasteiger partial charge in [-0.15, -0.1) is 0 Å². The van der Waals surface area contributed by atoms with Crippen molar-refractivity contribution >= 4 is 0 Å². The van der Waals surface area contributed by atoms with Gasteiger partial charge in [-0.1, -0.05) is 19.1 Å². The monoisotopic (exact) mass is 124 g/mol. The highest BCUT2D eigenvalue weighted by molar-refractivity contribution is 5.21. The molecule has 4 N–H and O–H groups in total. The van der Waals surface area contributed by atoms with E-state index in [1.54, 1.807) is 0 Å². The van der Waals surface area contributed by atoms with Crippen molar-refractivity contribution in [3.05, 3.63) is 23.9 Å². The molecule has 0 fully saturated rings. The Bertz CT molecular complexity index is 158. The SMILES string of the molecule is CC1C(N)=CC=CC1N. The summed E-state index contributed by atoms with van der Waals surface area (Å²) in [6.07, 6.45) is 5.76. The Morgan fingerprint density at radius 3 is 2.67 bits per heavy atom. The number of rotatable bonds is 0. The number of nitrogens with two attached hydrogens (primary N) is 2. The third-order valence-electron chi connectivity index (χ3n) is 1.73. The summed E-state index contributed by atoms with van der Waals surface area (Å²) in [4.78, 5) is 0. The summed E-state index contributed by atoms with van der Waals surface area (Å²) in [6.45, 7) is 2.03. The van der Waals surface area contributed by atoms with E-state index in [2.05, 4.69) is 0 Å². The van der Waals surface area contributed by atoms with E-state index in [1.807, 2.05) is 25.2 Å². The van der Waals surface area contributed by atoms with Crippen molar-refractivity contribution in [2.45, 2.75) is 13.0 Å². The molecule has 2 heteroatoms. The summed E-state index contributed by atoms with van der Waals surface area (Å²) < 4.78 is 0. The Morgan fingerprint density at radius 2 is 2.22 bits per heavy atom. The first kappa shape index (κ1) is 6.36. The van der Waals surface area contributed by atoms with E-state index in [-0.39, 0.29) is 6.04 Å². The van der Waals surface area contributed by atoms with E-state index in [9.17, 15) is 0 Å². The largest absolute Gasteiger partial charge is 0.402 e. The van der Waals surface area contributed by atoms with Gasteiger partial charge in [0.05, 0.1) is 0 Å². The molecule has 2 unspecified atom stereocenters. The van der Waals surface area contributed by atoms with Crippen LogP contribution in [0, 0.1) is 5.92 Å². The second kappa shape index (κ2) is 2.23. The second-order valence-electron chi connectivity index (χ2n) is 2.42. The normalized spacial score (nSPS) is 34.2. The van der Waals surface area contributed by atoms with Crippen LogP contribution in [0.5, 0.6) is 0 Å². The van der Waals surface area contributed by atoms with Crippen LogP contribution in [0.3, 0.4) is 0 Å². The maximum atomic E-state index is 5.66. The van der Waals surface area contributed by atoms with Crippen molar-refractivity contribution < 1.29 is 0 Å². The van der Waals surface area contributed by atoms with Crippen molar-refractivity contribution in [2.24, 2.45) is 17.4 Å². The summed E-state index contributed by atoms with van der Waals surface area (Å²) in [6, 6.07) is 0.106. The van der Waals surface area contributed by atoms with Gasteiger partial charge in [0.15, 0.2) is 0 Å². The molecule has 1 rings (SSSR count). The van der Waals surface area contributed by atoms with Gasteiger partial charge in [-0.25, -0.2) is 0 Å². The van der Waals surface area contributed by atoms with Gasteiger partial charge in [-0.05, 0) is 6.08 Å². The van der Waals surface area contributed by atoms with Crippen LogP contribution in [0.15, 0.2) is 23.9 Å².